The molecule has 1 aromatic carbocycles. The van der Waals surface area contributed by atoms with Gasteiger partial charge in [0, 0.05) is 18.3 Å². The van der Waals surface area contributed by atoms with Crippen molar-refractivity contribution in [3.63, 3.8) is 0 Å². The second kappa shape index (κ2) is 7.39. The summed E-state index contributed by atoms with van der Waals surface area (Å²) in [6.07, 6.45) is 0. The fourth-order valence-corrected chi connectivity index (χ4v) is 1.59. The largest absolute Gasteiger partial charge is 0.464 e. The smallest absolute Gasteiger partial charge is 0.332 e. The van der Waals surface area contributed by atoms with Crippen LogP contribution >= 0.6 is 0 Å². The number of anilines is 2. The Hall–Kier alpha value is -2.41. The van der Waals surface area contributed by atoms with Gasteiger partial charge in [0.05, 0.1) is 6.61 Å². The summed E-state index contributed by atoms with van der Waals surface area (Å²) in [5, 5.41) is 5.15. The molecular formula is C14H19N3O4. The second-order valence-corrected chi connectivity index (χ2v) is 4.43. The van der Waals surface area contributed by atoms with Crippen molar-refractivity contribution in [1.82, 2.24) is 0 Å². The molecule has 0 spiro atoms. The third-order valence-electron chi connectivity index (χ3n) is 2.64. The molecule has 0 radical (unpaired) electrons. The number of benzene rings is 1. The van der Waals surface area contributed by atoms with Gasteiger partial charge < -0.3 is 21.1 Å². The first kappa shape index (κ1) is 16.6. The van der Waals surface area contributed by atoms with E-state index < -0.39 is 17.9 Å². The molecule has 0 saturated heterocycles. The Kier molecular flexibility index (Phi) is 5.86. The molecule has 0 heterocycles. The van der Waals surface area contributed by atoms with E-state index in [9.17, 15) is 14.4 Å². The van der Waals surface area contributed by atoms with Crippen molar-refractivity contribution in [2.75, 3.05) is 17.2 Å². The lowest BCUT2D eigenvalue weighted by molar-refractivity contribution is -0.147. The van der Waals surface area contributed by atoms with Crippen molar-refractivity contribution in [3.05, 3.63) is 23.8 Å². The molecule has 0 aliphatic heterocycles. The van der Waals surface area contributed by atoms with Crippen molar-refractivity contribution in [1.29, 1.82) is 0 Å². The molecule has 0 saturated carbocycles. The van der Waals surface area contributed by atoms with Gasteiger partial charge >= 0.3 is 5.97 Å². The first-order chi connectivity index (χ1) is 9.85. The van der Waals surface area contributed by atoms with Crippen molar-refractivity contribution < 1.29 is 19.1 Å². The maximum absolute atomic E-state index is 11.9. The number of aryl methyl sites for hydroxylation is 1. The van der Waals surface area contributed by atoms with Crippen molar-refractivity contribution in [2.24, 2.45) is 5.73 Å². The third-order valence-corrected chi connectivity index (χ3v) is 2.64. The number of amides is 2. The van der Waals surface area contributed by atoms with E-state index in [0.29, 0.717) is 11.4 Å². The summed E-state index contributed by atoms with van der Waals surface area (Å²) in [7, 11) is 0. The van der Waals surface area contributed by atoms with Gasteiger partial charge in [-0.05, 0) is 31.5 Å². The Balaban J connectivity index is 2.84. The lowest BCUT2D eigenvalue weighted by atomic mass is 10.1. The standard InChI is InChI=1S/C14H19N3O4/c1-4-21-14(20)12(15)13(19)17-11-7-10(16-9(3)18)6-5-8(11)2/h5-7,12H,4,15H2,1-3H3,(H,16,18)(H,17,19). The number of carbonyl (C=O) groups excluding carboxylic acids is 3. The van der Waals surface area contributed by atoms with Gasteiger partial charge in [0.25, 0.3) is 5.91 Å². The summed E-state index contributed by atoms with van der Waals surface area (Å²) in [6.45, 7) is 4.94. The third kappa shape index (κ3) is 4.88. The van der Waals surface area contributed by atoms with Gasteiger partial charge in [-0.2, -0.15) is 0 Å². The van der Waals surface area contributed by atoms with Crippen LogP contribution in [0.25, 0.3) is 0 Å². The molecule has 0 bridgehead atoms. The number of rotatable bonds is 5. The number of ether oxygens (including phenoxy) is 1. The summed E-state index contributed by atoms with van der Waals surface area (Å²) >= 11 is 0. The molecule has 21 heavy (non-hydrogen) atoms. The van der Waals surface area contributed by atoms with Crippen LogP contribution in [-0.2, 0) is 19.1 Å². The first-order valence-electron chi connectivity index (χ1n) is 6.46. The molecule has 7 nitrogen and oxygen atoms in total. The zero-order valence-electron chi connectivity index (χ0n) is 12.2. The monoisotopic (exact) mass is 293 g/mol. The number of carbonyl (C=O) groups is 3. The average Bonchev–Trinajstić information content (AvgIpc) is 2.41. The van der Waals surface area contributed by atoms with Gasteiger partial charge in [-0.1, -0.05) is 6.07 Å². The molecule has 0 aliphatic carbocycles. The molecule has 114 valence electrons. The van der Waals surface area contributed by atoms with E-state index >= 15 is 0 Å². The minimum absolute atomic E-state index is 0.150. The number of esters is 1. The molecule has 1 unspecified atom stereocenters. The number of nitrogens with one attached hydrogen (secondary N) is 2. The molecule has 4 N–H and O–H groups in total. The van der Waals surface area contributed by atoms with Crippen molar-refractivity contribution in [3.8, 4) is 0 Å². The fraction of sp³-hybridized carbons (Fsp3) is 0.357. The highest BCUT2D eigenvalue weighted by Gasteiger charge is 2.23. The Labute approximate surface area is 122 Å². The van der Waals surface area contributed by atoms with E-state index in [1.807, 2.05) is 0 Å². The topological polar surface area (TPSA) is 111 Å². The molecule has 7 heteroatoms. The lowest BCUT2D eigenvalue weighted by Crippen LogP contribution is -2.43. The molecule has 1 atom stereocenters. The molecule has 2 amide bonds. The summed E-state index contributed by atoms with van der Waals surface area (Å²) in [6, 6.07) is 3.63. The highest BCUT2D eigenvalue weighted by Crippen LogP contribution is 2.20. The van der Waals surface area contributed by atoms with E-state index in [-0.39, 0.29) is 12.5 Å². The van der Waals surface area contributed by atoms with Crippen LogP contribution in [0.15, 0.2) is 18.2 Å². The van der Waals surface area contributed by atoms with Gasteiger partial charge in [-0.3, -0.25) is 9.59 Å². The summed E-state index contributed by atoms with van der Waals surface area (Å²) in [5.74, 6) is -1.68. The van der Waals surface area contributed by atoms with Crippen LogP contribution in [0.1, 0.15) is 19.4 Å². The van der Waals surface area contributed by atoms with E-state index in [1.165, 1.54) is 6.92 Å². The quantitative estimate of drug-likeness (QED) is 0.549. The fourth-order valence-electron chi connectivity index (χ4n) is 1.59. The average molecular weight is 293 g/mol. The summed E-state index contributed by atoms with van der Waals surface area (Å²) in [4.78, 5) is 34.3. The Bertz CT molecular complexity index is 557. The minimum atomic E-state index is -1.39. The van der Waals surface area contributed by atoms with Crippen LogP contribution < -0.4 is 16.4 Å². The second-order valence-electron chi connectivity index (χ2n) is 4.43. The molecule has 0 aromatic heterocycles. The Morgan fingerprint density at radius 2 is 1.95 bits per heavy atom. The Morgan fingerprint density at radius 3 is 2.52 bits per heavy atom. The first-order valence-corrected chi connectivity index (χ1v) is 6.46. The predicted molar refractivity (Wildman–Crippen MR) is 78.7 cm³/mol. The Morgan fingerprint density at radius 1 is 1.29 bits per heavy atom. The number of nitrogens with two attached hydrogens (primary N) is 1. The van der Waals surface area contributed by atoms with E-state index in [1.54, 1.807) is 32.0 Å². The van der Waals surface area contributed by atoms with Crippen molar-refractivity contribution in [2.45, 2.75) is 26.8 Å². The number of hydrogen-bond donors (Lipinski definition) is 3. The minimum Gasteiger partial charge on any atom is -0.464 e. The molecule has 1 rings (SSSR count). The highest BCUT2D eigenvalue weighted by molar-refractivity contribution is 6.08. The van der Waals surface area contributed by atoms with Gasteiger partial charge in [-0.15, -0.1) is 0 Å². The molecule has 0 aliphatic rings. The predicted octanol–water partition coefficient (Wildman–Crippen LogP) is 0.782. The summed E-state index contributed by atoms with van der Waals surface area (Å²) in [5.41, 5.74) is 7.28. The maximum Gasteiger partial charge on any atom is 0.332 e. The molecule has 1 aromatic rings. The van der Waals surface area contributed by atoms with E-state index in [0.717, 1.165) is 5.56 Å². The number of hydrogen-bond acceptors (Lipinski definition) is 5. The normalized spacial score (nSPS) is 11.4. The highest BCUT2D eigenvalue weighted by atomic mass is 16.5. The summed E-state index contributed by atoms with van der Waals surface area (Å²) < 4.78 is 4.69. The zero-order chi connectivity index (χ0) is 16.0. The van der Waals surface area contributed by atoms with Crippen LogP contribution in [0.5, 0.6) is 0 Å². The lowest BCUT2D eigenvalue weighted by Gasteiger charge is -2.14. The van der Waals surface area contributed by atoms with Crippen molar-refractivity contribution >= 4 is 29.2 Å². The van der Waals surface area contributed by atoms with Crippen LogP contribution in [0.3, 0.4) is 0 Å². The van der Waals surface area contributed by atoms with Gasteiger partial charge in [-0.25, -0.2) is 4.79 Å². The van der Waals surface area contributed by atoms with Crippen LogP contribution in [0, 0.1) is 6.92 Å². The van der Waals surface area contributed by atoms with E-state index in [2.05, 4.69) is 15.4 Å². The van der Waals surface area contributed by atoms with Gasteiger partial charge in [0.15, 0.2) is 6.04 Å². The maximum atomic E-state index is 11.9. The molecule has 0 fully saturated rings. The van der Waals surface area contributed by atoms with Crippen LogP contribution in [0.2, 0.25) is 0 Å². The van der Waals surface area contributed by atoms with Gasteiger partial charge in [0.2, 0.25) is 5.91 Å². The zero-order valence-corrected chi connectivity index (χ0v) is 12.2. The van der Waals surface area contributed by atoms with Crippen LogP contribution in [-0.4, -0.2) is 30.4 Å². The molecular weight excluding hydrogens is 274 g/mol. The van der Waals surface area contributed by atoms with Crippen LogP contribution in [0.4, 0.5) is 11.4 Å². The SMILES string of the molecule is CCOC(=O)C(N)C(=O)Nc1cc(NC(C)=O)ccc1C. The van der Waals surface area contributed by atoms with E-state index in [4.69, 9.17) is 5.73 Å². The van der Waals surface area contributed by atoms with Gasteiger partial charge in [0.1, 0.15) is 0 Å².